The Kier molecular flexibility index (Phi) is 7.26. The fourth-order valence-corrected chi connectivity index (χ4v) is 1.93. The van der Waals surface area contributed by atoms with E-state index in [4.69, 9.17) is 27.4 Å². The molecular weight excluding hydrogens is 258 g/mol. The lowest BCUT2D eigenvalue weighted by Crippen LogP contribution is -2.10. The minimum atomic E-state index is 0.353. The number of unbranched alkanes of at least 4 members (excludes halogenated alkanes) is 4. The van der Waals surface area contributed by atoms with Crippen molar-refractivity contribution in [2.75, 3.05) is 13.7 Å². The standard InChI is InChI=1S/C15H23NO2S/c1-3-4-5-6-7-8-18-14-10-12(15(16)19)9-13(11-14)17-2/h9-11H,3-8H2,1-2H3,(H2,16,19). The summed E-state index contributed by atoms with van der Waals surface area (Å²) in [4.78, 5) is 0.353. The van der Waals surface area contributed by atoms with E-state index in [0.717, 1.165) is 17.7 Å². The highest BCUT2D eigenvalue weighted by molar-refractivity contribution is 7.80. The van der Waals surface area contributed by atoms with Gasteiger partial charge in [-0.1, -0.05) is 44.8 Å². The van der Waals surface area contributed by atoms with Crippen molar-refractivity contribution in [2.45, 2.75) is 39.0 Å². The van der Waals surface area contributed by atoms with E-state index in [1.54, 1.807) is 7.11 Å². The molecule has 1 aromatic rings. The van der Waals surface area contributed by atoms with Gasteiger partial charge < -0.3 is 15.2 Å². The van der Waals surface area contributed by atoms with Crippen molar-refractivity contribution < 1.29 is 9.47 Å². The Hall–Kier alpha value is -1.29. The van der Waals surface area contributed by atoms with Gasteiger partial charge in [0.1, 0.15) is 16.5 Å². The molecule has 0 aliphatic rings. The van der Waals surface area contributed by atoms with Crippen LogP contribution in [0.1, 0.15) is 44.6 Å². The first-order valence-electron chi connectivity index (χ1n) is 6.79. The second kappa shape index (κ2) is 8.75. The molecule has 19 heavy (non-hydrogen) atoms. The van der Waals surface area contributed by atoms with Crippen molar-refractivity contribution in [3.05, 3.63) is 23.8 Å². The molecule has 1 aromatic carbocycles. The SMILES string of the molecule is CCCCCCCOc1cc(OC)cc(C(N)=S)c1. The Morgan fingerprint density at radius 3 is 2.42 bits per heavy atom. The Morgan fingerprint density at radius 1 is 1.11 bits per heavy atom. The van der Waals surface area contributed by atoms with Gasteiger partial charge in [-0.05, 0) is 18.6 Å². The van der Waals surface area contributed by atoms with Crippen LogP contribution in [0.5, 0.6) is 11.5 Å². The van der Waals surface area contributed by atoms with Crippen LogP contribution in [-0.4, -0.2) is 18.7 Å². The number of hydrogen-bond donors (Lipinski definition) is 1. The third-order valence-corrected chi connectivity index (χ3v) is 3.15. The van der Waals surface area contributed by atoms with E-state index in [2.05, 4.69) is 6.92 Å². The highest BCUT2D eigenvalue weighted by Gasteiger charge is 2.04. The molecule has 0 fully saturated rings. The zero-order valence-corrected chi connectivity index (χ0v) is 12.6. The Balaban J connectivity index is 2.48. The maximum absolute atomic E-state index is 5.72. The lowest BCUT2D eigenvalue weighted by atomic mass is 10.1. The predicted octanol–water partition coefficient (Wildman–Crippen LogP) is 3.68. The third-order valence-electron chi connectivity index (χ3n) is 2.92. The first-order valence-corrected chi connectivity index (χ1v) is 7.20. The van der Waals surface area contributed by atoms with Gasteiger partial charge in [-0.25, -0.2) is 0 Å². The molecule has 0 unspecified atom stereocenters. The fourth-order valence-electron chi connectivity index (χ4n) is 1.81. The number of hydrogen-bond acceptors (Lipinski definition) is 3. The van der Waals surface area contributed by atoms with E-state index in [-0.39, 0.29) is 0 Å². The first kappa shape index (κ1) is 15.8. The summed E-state index contributed by atoms with van der Waals surface area (Å²) < 4.78 is 10.9. The van der Waals surface area contributed by atoms with Crippen LogP contribution < -0.4 is 15.2 Å². The predicted molar refractivity (Wildman–Crippen MR) is 83.1 cm³/mol. The molecule has 0 atom stereocenters. The van der Waals surface area contributed by atoms with E-state index in [0.29, 0.717) is 17.3 Å². The summed E-state index contributed by atoms with van der Waals surface area (Å²) in [6, 6.07) is 5.53. The minimum absolute atomic E-state index is 0.353. The summed E-state index contributed by atoms with van der Waals surface area (Å²) in [5.74, 6) is 1.48. The number of benzene rings is 1. The zero-order valence-electron chi connectivity index (χ0n) is 11.8. The van der Waals surface area contributed by atoms with E-state index < -0.39 is 0 Å². The molecule has 0 aliphatic heterocycles. The van der Waals surface area contributed by atoms with Crippen molar-refractivity contribution >= 4 is 17.2 Å². The number of ether oxygens (including phenoxy) is 2. The average Bonchev–Trinajstić information content (AvgIpc) is 2.42. The largest absolute Gasteiger partial charge is 0.497 e. The quantitative estimate of drug-likeness (QED) is 0.554. The monoisotopic (exact) mass is 281 g/mol. The number of methoxy groups -OCH3 is 1. The molecular formula is C15H23NO2S. The van der Waals surface area contributed by atoms with Gasteiger partial charge in [0, 0.05) is 11.6 Å². The number of nitrogens with two attached hydrogens (primary N) is 1. The van der Waals surface area contributed by atoms with Gasteiger partial charge in [-0.3, -0.25) is 0 Å². The molecule has 0 radical (unpaired) electrons. The molecule has 0 spiro atoms. The van der Waals surface area contributed by atoms with Crippen LogP contribution in [0.4, 0.5) is 0 Å². The summed E-state index contributed by atoms with van der Waals surface area (Å²) in [6.45, 7) is 2.93. The summed E-state index contributed by atoms with van der Waals surface area (Å²) in [6.07, 6.45) is 6.11. The van der Waals surface area contributed by atoms with Gasteiger partial charge in [0.15, 0.2) is 0 Å². The van der Waals surface area contributed by atoms with Gasteiger partial charge in [0.2, 0.25) is 0 Å². The normalized spacial score (nSPS) is 10.2. The molecule has 2 N–H and O–H groups in total. The molecule has 4 heteroatoms. The van der Waals surface area contributed by atoms with Gasteiger partial charge in [0.25, 0.3) is 0 Å². The van der Waals surface area contributed by atoms with Crippen LogP contribution in [0.15, 0.2) is 18.2 Å². The van der Waals surface area contributed by atoms with Crippen molar-refractivity contribution in [3.8, 4) is 11.5 Å². The third kappa shape index (κ3) is 5.92. The summed E-state index contributed by atoms with van der Waals surface area (Å²) in [5, 5.41) is 0. The summed E-state index contributed by atoms with van der Waals surface area (Å²) in [5.41, 5.74) is 6.41. The van der Waals surface area contributed by atoms with Crippen LogP contribution in [0, 0.1) is 0 Å². The topological polar surface area (TPSA) is 44.5 Å². The average molecular weight is 281 g/mol. The maximum atomic E-state index is 5.72. The Bertz CT molecular complexity index is 407. The molecule has 0 saturated carbocycles. The van der Waals surface area contributed by atoms with Crippen LogP contribution >= 0.6 is 12.2 Å². The fraction of sp³-hybridized carbons (Fsp3) is 0.533. The Morgan fingerprint density at radius 2 is 1.79 bits per heavy atom. The molecule has 0 heterocycles. The molecule has 106 valence electrons. The van der Waals surface area contributed by atoms with Crippen molar-refractivity contribution in [2.24, 2.45) is 5.73 Å². The molecule has 1 rings (SSSR count). The molecule has 0 saturated heterocycles. The van der Waals surface area contributed by atoms with Gasteiger partial charge in [-0.15, -0.1) is 0 Å². The number of rotatable bonds is 9. The van der Waals surface area contributed by atoms with Gasteiger partial charge >= 0.3 is 0 Å². The number of thiocarbonyl (C=S) groups is 1. The highest BCUT2D eigenvalue weighted by Crippen LogP contribution is 2.23. The van der Waals surface area contributed by atoms with Gasteiger partial charge in [0.05, 0.1) is 13.7 Å². The maximum Gasteiger partial charge on any atom is 0.123 e. The molecule has 0 aromatic heterocycles. The van der Waals surface area contributed by atoms with Crippen molar-refractivity contribution in [1.82, 2.24) is 0 Å². The molecule has 0 aliphatic carbocycles. The summed E-state index contributed by atoms with van der Waals surface area (Å²) >= 11 is 4.98. The second-order valence-corrected chi connectivity index (χ2v) is 4.96. The first-order chi connectivity index (χ1) is 9.17. The van der Waals surface area contributed by atoms with Gasteiger partial charge in [-0.2, -0.15) is 0 Å². The van der Waals surface area contributed by atoms with E-state index in [1.807, 2.05) is 18.2 Å². The van der Waals surface area contributed by atoms with Crippen LogP contribution in [0.2, 0.25) is 0 Å². The minimum Gasteiger partial charge on any atom is -0.497 e. The van der Waals surface area contributed by atoms with Crippen LogP contribution in [0.25, 0.3) is 0 Å². The molecule has 0 amide bonds. The zero-order chi connectivity index (χ0) is 14.1. The highest BCUT2D eigenvalue weighted by atomic mass is 32.1. The van der Waals surface area contributed by atoms with E-state index >= 15 is 0 Å². The summed E-state index contributed by atoms with van der Waals surface area (Å²) in [7, 11) is 1.62. The van der Waals surface area contributed by atoms with Crippen LogP contribution in [-0.2, 0) is 0 Å². The lowest BCUT2D eigenvalue weighted by Gasteiger charge is -2.10. The molecule has 0 bridgehead atoms. The Labute approximate surface area is 121 Å². The lowest BCUT2D eigenvalue weighted by molar-refractivity contribution is 0.302. The van der Waals surface area contributed by atoms with E-state index in [9.17, 15) is 0 Å². The second-order valence-electron chi connectivity index (χ2n) is 4.52. The van der Waals surface area contributed by atoms with Crippen molar-refractivity contribution in [3.63, 3.8) is 0 Å². The smallest absolute Gasteiger partial charge is 0.123 e. The molecule has 3 nitrogen and oxygen atoms in total. The van der Waals surface area contributed by atoms with Crippen LogP contribution in [0.3, 0.4) is 0 Å². The van der Waals surface area contributed by atoms with Crippen molar-refractivity contribution in [1.29, 1.82) is 0 Å². The van der Waals surface area contributed by atoms with E-state index in [1.165, 1.54) is 25.7 Å².